The first kappa shape index (κ1) is 12.3. The maximum absolute atomic E-state index is 11.9. The van der Waals surface area contributed by atoms with Crippen molar-refractivity contribution < 1.29 is 9.90 Å². The molecular weight excluding hydrogens is 228 g/mol. The van der Waals surface area contributed by atoms with E-state index >= 15 is 0 Å². The Morgan fingerprint density at radius 2 is 1.94 bits per heavy atom. The number of carbonyl (C=O) groups is 1. The van der Waals surface area contributed by atoms with Gasteiger partial charge in [0.15, 0.2) is 0 Å². The summed E-state index contributed by atoms with van der Waals surface area (Å²) >= 11 is 0. The lowest BCUT2D eigenvalue weighted by molar-refractivity contribution is 0.102. The van der Waals surface area contributed by atoms with Gasteiger partial charge in [-0.25, -0.2) is 4.98 Å². The number of aliphatic hydroxyl groups is 1. The van der Waals surface area contributed by atoms with Crippen molar-refractivity contribution in [3.05, 3.63) is 59.4 Å². The number of nitrogens with one attached hydrogen (secondary N) is 1. The van der Waals surface area contributed by atoms with E-state index < -0.39 is 0 Å². The molecule has 1 aromatic heterocycles. The predicted molar refractivity (Wildman–Crippen MR) is 69.3 cm³/mol. The highest BCUT2D eigenvalue weighted by Crippen LogP contribution is 2.11. The topological polar surface area (TPSA) is 62.2 Å². The van der Waals surface area contributed by atoms with Crippen LogP contribution in [0.1, 0.15) is 21.7 Å². The van der Waals surface area contributed by atoms with Crippen molar-refractivity contribution >= 4 is 11.6 Å². The van der Waals surface area contributed by atoms with Crippen molar-refractivity contribution in [2.75, 3.05) is 5.32 Å². The lowest BCUT2D eigenvalue weighted by Gasteiger charge is -2.05. The Labute approximate surface area is 105 Å². The molecular formula is C14H14N2O2. The summed E-state index contributed by atoms with van der Waals surface area (Å²) in [4.78, 5) is 16.0. The van der Waals surface area contributed by atoms with E-state index in [0.717, 1.165) is 11.3 Å². The maximum Gasteiger partial charge on any atom is 0.274 e. The van der Waals surface area contributed by atoms with Gasteiger partial charge in [-0.1, -0.05) is 18.2 Å². The van der Waals surface area contributed by atoms with Crippen molar-refractivity contribution in [2.45, 2.75) is 13.5 Å². The van der Waals surface area contributed by atoms with Crippen LogP contribution in [-0.4, -0.2) is 16.0 Å². The largest absolute Gasteiger partial charge is 0.392 e. The number of hydrogen-bond donors (Lipinski definition) is 2. The Balaban J connectivity index is 2.11. The summed E-state index contributed by atoms with van der Waals surface area (Å²) in [5.41, 5.74) is 2.68. The van der Waals surface area contributed by atoms with Crippen molar-refractivity contribution in [2.24, 2.45) is 0 Å². The normalized spacial score (nSPS) is 10.1. The van der Waals surface area contributed by atoms with E-state index in [1.54, 1.807) is 36.4 Å². The minimum atomic E-state index is -0.240. The second kappa shape index (κ2) is 5.42. The van der Waals surface area contributed by atoms with Crippen LogP contribution in [0.5, 0.6) is 0 Å². The van der Waals surface area contributed by atoms with E-state index in [9.17, 15) is 4.79 Å². The Morgan fingerprint density at radius 3 is 2.56 bits per heavy atom. The standard InChI is InChI=1S/C14H14N2O2/c1-10-3-2-4-13(15-10)14(18)16-12-7-5-11(9-17)6-8-12/h2-8,17H,9H2,1H3,(H,16,18). The first-order valence-corrected chi connectivity index (χ1v) is 5.64. The number of aryl methyl sites for hydroxylation is 1. The van der Waals surface area contributed by atoms with E-state index in [1.165, 1.54) is 0 Å². The number of carbonyl (C=O) groups excluding carboxylic acids is 1. The molecule has 0 saturated carbocycles. The molecule has 0 radical (unpaired) electrons. The average Bonchev–Trinajstić information content (AvgIpc) is 2.39. The average molecular weight is 242 g/mol. The zero-order valence-corrected chi connectivity index (χ0v) is 10.1. The van der Waals surface area contributed by atoms with Crippen LogP contribution in [0.25, 0.3) is 0 Å². The molecule has 0 unspecified atom stereocenters. The highest BCUT2D eigenvalue weighted by atomic mass is 16.3. The molecule has 0 bridgehead atoms. The summed E-state index contributed by atoms with van der Waals surface area (Å²) in [7, 11) is 0. The van der Waals surface area contributed by atoms with Crippen molar-refractivity contribution in [3.8, 4) is 0 Å². The Morgan fingerprint density at radius 1 is 1.22 bits per heavy atom. The highest BCUT2D eigenvalue weighted by Gasteiger charge is 2.07. The molecule has 2 aromatic rings. The quantitative estimate of drug-likeness (QED) is 0.866. The fraction of sp³-hybridized carbons (Fsp3) is 0.143. The van der Waals surface area contributed by atoms with E-state index in [2.05, 4.69) is 10.3 Å². The molecule has 0 spiro atoms. The van der Waals surface area contributed by atoms with Crippen LogP contribution in [0.3, 0.4) is 0 Å². The third-order valence-electron chi connectivity index (χ3n) is 2.52. The minimum Gasteiger partial charge on any atom is -0.392 e. The van der Waals surface area contributed by atoms with Crippen LogP contribution in [0.4, 0.5) is 5.69 Å². The number of pyridine rings is 1. The fourth-order valence-electron chi connectivity index (χ4n) is 1.56. The number of amides is 1. The maximum atomic E-state index is 11.9. The predicted octanol–water partition coefficient (Wildman–Crippen LogP) is 2.13. The van der Waals surface area contributed by atoms with Crippen LogP contribution in [0, 0.1) is 6.92 Å². The van der Waals surface area contributed by atoms with Crippen molar-refractivity contribution in [3.63, 3.8) is 0 Å². The van der Waals surface area contributed by atoms with Gasteiger partial charge in [-0.3, -0.25) is 4.79 Å². The van der Waals surface area contributed by atoms with Crippen LogP contribution < -0.4 is 5.32 Å². The third-order valence-corrected chi connectivity index (χ3v) is 2.52. The summed E-state index contributed by atoms with van der Waals surface area (Å²) in [6, 6.07) is 12.3. The van der Waals surface area contributed by atoms with Crippen molar-refractivity contribution in [1.29, 1.82) is 0 Å². The van der Waals surface area contributed by atoms with E-state index in [4.69, 9.17) is 5.11 Å². The molecule has 0 aliphatic carbocycles. The van der Waals surface area contributed by atoms with Gasteiger partial charge in [-0.2, -0.15) is 0 Å². The zero-order chi connectivity index (χ0) is 13.0. The number of aliphatic hydroxyl groups excluding tert-OH is 1. The molecule has 0 atom stereocenters. The Bertz CT molecular complexity index is 550. The van der Waals surface area contributed by atoms with Gasteiger partial charge in [0.1, 0.15) is 5.69 Å². The summed E-state index contributed by atoms with van der Waals surface area (Å²) in [5.74, 6) is -0.240. The number of benzene rings is 1. The number of aromatic nitrogens is 1. The van der Waals surface area contributed by atoms with E-state index in [-0.39, 0.29) is 12.5 Å². The molecule has 0 aliphatic heterocycles. The Kier molecular flexibility index (Phi) is 3.69. The fourth-order valence-corrected chi connectivity index (χ4v) is 1.56. The molecule has 1 heterocycles. The molecule has 92 valence electrons. The molecule has 0 fully saturated rings. The van der Waals surface area contributed by atoms with Crippen LogP contribution in [0.15, 0.2) is 42.5 Å². The monoisotopic (exact) mass is 242 g/mol. The number of rotatable bonds is 3. The lowest BCUT2D eigenvalue weighted by atomic mass is 10.2. The number of hydrogen-bond acceptors (Lipinski definition) is 3. The SMILES string of the molecule is Cc1cccc(C(=O)Nc2ccc(CO)cc2)n1. The smallest absolute Gasteiger partial charge is 0.274 e. The molecule has 0 saturated heterocycles. The number of nitrogens with zero attached hydrogens (tertiary/aromatic N) is 1. The molecule has 4 nitrogen and oxygen atoms in total. The summed E-state index contributed by atoms with van der Waals surface area (Å²) < 4.78 is 0. The van der Waals surface area contributed by atoms with Crippen molar-refractivity contribution in [1.82, 2.24) is 4.98 Å². The van der Waals surface area contributed by atoms with Crippen LogP contribution in [0.2, 0.25) is 0 Å². The van der Waals surface area contributed by atoms with Gasteiger partial charge < -0.3 is 10.4 Å². The molecule has 1 amide bonds. The lowest BCUT2D eigenvalue weighted by Crippen LogP contribution is -2.13. The van der Waals surface area contributed by atoms with Gasteiger partial charge >= 0.3 is 0 Å². The summed E-state index contributed by atoms with van der Waals surface area (Å²) in [6.07, 6.45) is 0. The number of anilines is 1. The summed E-state index contributed by atoms with van der Waals surface area (Å²) in [6.45, 7) is 1.83. The molecule has 1 aromatic carbocycles. The molecule has 0 aliphatic rings. The van der Waals surface area contributed by atoms with Gasteiger partial charge in [0.2, 0.25) is 0 Å². The van der Waals surface area contributed by atoms with E-state index in [1.807, 2.05) is 13.0 Å². The van der Waals surface area contributed by atoms with Crippen LogP contribution in [-0.2, 0) is 6.61 Å². The second-order valence-corrected chi connectivity index (χ2v) is 3.97. The molecule has 2 rings (SSSR count). The molecule has 18 heavy (non-hydrogen) atoms. The van der Waals surface area contributed by atoms with Gasteiger partial charge in [-0.05, 0) is 36.8 Å². The first-order valence-electron chi connectivity index (χ1n) is 5.64. The zero-order valence-electron chi connectivity index (χ0n) is 10.1. The van der Waals surface area contributed by atoms with Gasteiger partial charge in [0.25, 0.3) is 5.91 Å². The Hall–Kier alpha value is -2.20. The van der Waals surface area contributed by atoms with Gasteiger partial charge in [0.05, 0.1) is 6.61 Å². The van der Waals surface area contributed by atoms with Gasteiger partial charge in [-0.15, -0.1) is 0 Å². The van der Waals surface area contributed by atoms with E-state index in [0.29, 0.717) is 11.4 Å². The highest BCUT2D eigenvalue weighted by molar-refractivity contribution is 6.02. The first-order chi connectivity index (χ1) is 8.69. The molecule has 4 heteroatoms. The third kappa shape index (κ3) is 2.93. The van der Waals surface area contributed by atoms with Crippen LogP contribution >= 0.6 is 0 Å². The summed E-state index contributed by atoms with van der Waals surface area (Å²) in [5, 5.41) is 11.7. The second-order valence-electron chi connectivity index (χ2n) is 3.97. The van der Waals surface area contributed by atoms with Gasteiger partial charge in [0, 0.05) is 11.4 Å². The molecule has 2 N–H and O–H groups in total. The minimum absolute atomic E-state index is 0.00629.